The Morgan fingerprint density at radius 3 is 2.76 bits per heavy atom. The van der Waals surface area contributed by atoms with Crippen LogP contribution in [0.5, 0.6) is 5.75 Å². The van der Waals surface area contributed by atoms with Crippen molar-refractivity contribution in [1.29, 1.82) is 0 Å². The Kier molecular flexibility index (Phi) is 6.03. The lowest BCUT2D eigenvalue weighted by Crippen LogP contribution is -2.26. The summed E-state index contributed by atoms with van der Waals surface area (Å²) in [6.45, 7) is 4.28. The van der Waals surface area contributed by atoms with Crippen molar-refractivity contribution in [2.24, 2.45) is 0 Å². The molecule has 4 rings (SSSR count). The van der Waals surface area contributed by atoms with Crippen LogP contribution >= 0.6 is 0 Å². The molecule has 1 fully saturated rings. The zero-order chi connectivity index (χ0) is 20.1. The molecule has 29 heavy (non-hydrogen) atoms. The van der Waals surface area contributed by atoms with Crippen molar-refractivity contribution >= 4 is 0 Å². The van der Waals surface area contributed by atoms with E-state index >= 15 is 0 Å². The van der Waals surface area contributed by atoms with Gasteiger partial charge in [0.05, 0.1) is 19.4 Å². The van der Waals surface area contributed by atoms with E-state index in [1.807, 2.05) is 42.5 Å². The monoisotopic (exact) mass is 391 g/mol. The molecule has 0 aliphatic carbocycles. The van der Waals surface area contributed by atoms with Gasteiger partial charge in [0.15, 0.2) is 0 Å². The van der Waals surface area contributed by atoms with Gasteiger partial charge in [0.25, 0.3) is 5.56 Å². The van der Waals surface area contributed by atoms with E-state index in [2.05, 4.69) is 16.0 Å². The standard InChI is InChI=1S/C23H25N3O3/c1-28-19-9-7-17(8-10-19)21-15-22(27)25-23(24-21)20-6-3-2-5-18(20)16-26-11-4-13-29-14-12-26/h2-3,5-10,15H,4,11-14,16H2,1H3,(H,24,25,27). The number of aromatic amines is 1. The number of methoxy groups -OCH3 is 1. The minimum absolute atomic E-state index is 0.168. The first-order valence-corrected chi connectivity index (χ1v) is 9.87. The summed E-state index contributed by atoms with van der Waals surface area (Å²) in [5.74, 6) is 1.36. The predicted octanol–water partition coefficient (Wildman–Crippen LogP) is 3.33. The molecule has 6 heteroatoms. The van der Waals surface area contributed by atoms with Crippen LogP contribution in [0.25, 0.3) is 22.6 Å². The van der Waals surface area contributed by atoms with Crippen molar-refractivity contribution < 1.29 is 9.47 Å². The van der Waals surface area contributed by atoms with Gasteiger partial charge in [-0.05, 0) is 36.2 Å². The molecule has 3 aromatic rings. The van der Waals surface area contributed by atoms with Crippen molar-refractivity contribution in [3.63, 3.8) is 0 Å². The van der Waals surface area contributed by atoms with Crippen LogP contribution < -0.4 is 10.3 Å². The molecule has 0 unspecified atom stereocenters. The number of aromatic nitrogens is 2. The largest absolute Gasteiger partial charge is 0.497 e. The lowest BCUT2D eigenvalue weighted by atomic mass is 10.1. The maximum Gasteiger partial charge on any atom is 0.251 e. The van der Waals surface area contributed by atoms with Crippen molar-refractivity contribution in [1.82, 2.24) is 14.9 Å². The van der Waals surface area contributed by atoms with Gasteiger partial charge in [-0.1, -0.05) is 24.3 Å². The minimum atomic E-state index is -0.168. The van der Waals surface area contributed by atoms with E-state index in [1.54, 1.807) is 7.11 Å². The van der Waals surface area contributed by atoms with Crippen LogP contribution in [0.4, 0.5) is 0 Å². The minimum Gasteiger partial charge on any atom is -0.497 e. The summed E-state index contributed by atoms with van der Waals surface area (Å²) >= 11 is 0. The summed E-state index contributed by atoms with van der Waals surface area (Å²) in [6.07, 6.45) is 1.03. The maximum atomic E-state index is 12.4. The number of ether oxygens (including phenoxy) is 2. The smallest absolute Gasteiger partial charge is 0.251 e. The third-order valence-corrected chi connectivity index (χ3v) is 5.11. The molecule has 6 nitrogen and oxygen atoms in total. The molecular formula is C23H25N3O3. The fraction of sp³-hybridized carbons (Fsp3) is 0.304. The number of hydrogen-bond acceptors (Lipinski definition) is 5. The molecule has 1 aliphatic heterocycles. The van der Waals surface area contributed by atoms with Gasteiger partial charge in [-0.2, -0.15) is 0 Å². The molecule has 1 aliphatic rings. The summed E-state index contributed by atoms with van der Waals surface area (Å²) in [7, 11) is 1.63. The number of nitrogens with zero attached hydrogens (tertiary/aromatic N) is 2. The lowest BCUT2D eigenvalue weighted by molar-refractivity contribution is 0.140. The van der Waals surface area contributed by atoms with Crippen LogP contribution in [0.15, 0.2) is 59.4 Å². The molecule has 0 bridgehead atoms. The molecular weight excluding hydrogens is 366 g/mol. The summed E-state index contributed by atoms with van der Waals surface area (Å²) in [5.41, 5.74) is 3.44. The summed E-state index contributed by atoms with van der Waals surface area (Å²) < 4.78 is 10.8. The lowest BCUT2D eigenvalue weighted by Gasteiger charge is -2.20. The van der Waals surface area contributed by atoms with E-state index in [0.29, 0.717) is 11.5 Å². The van der Waals surface area contributed by atoms with Gasteiger partial charge in [-0.25, -0.2) is 4.98 Å². The van der Waals surface area contributed by atoms with Gasteiger partial charge in [-0.3, -0.25) is 9.69 Å². The van der Waals surface area contributed by atoms with Gasteiger partial charge < -0.3 is 14.5 Å². The molecule has 0 amide bonds. The molecule has 0 radical (unpaired) electrons. The second-order valence-electron chi connectivity index (χ2n) is 7.11. The number of nitrogens with one attached hydrogen (secondary N) is 1. The van der Waals surface area contributed by atoms with Crippen LogP contribution in [0.2, 0.25) is 0 Å². The SMILES string of the molecule is COc1ccc(-c2cc(=O)[nH]c(-c3ccccc3CN3CCCOCC3)n2)cc1. The van der Waals surface area contributed by atoms with Crippen LogP contribution in [-0.2, 0) is 11.3 Å². The molecule has 1 aromatic heterocycles. The molecule has 150 valence electrons. The Labute approximate surface area is 170 Å². The van der Waals surface area contributed by atoms with Gasteiger partial charge in [-0.15, -0.1) is 0 Å². The number of benzene rings is 2. The Morgan fingerprint density at radius 1 is 1.10 bits per heavy atom. The summed E-state index contributed by atoms with van der Waals surface area (Å²) in [6, 6.07) is 17.2. The average molecular weight is 391 g/mol. The van der Waals surface area contributed by atoms with Gasteiger partial charge in [0.1, 0.15) is 11.6 Å². The molecule has 2 heterocycles. The number of H-pyrrole nitrogens is 1. The van der Waals surface area contributed by atoms with Crippen LogP contribution in [0.3, 0.4) is 0 Å². The average Bonchev–Trinajstić information content (AvgIpc) is 3.02. The summed E-state index contributed by atoms with van der Waals surface area (Å²) in [5, 5.41) is 0. The van der Waals surface area contributed by atoms with E-state index in [4.69, 9.17) is 14.5 Å². The first-order chi connectivity index (χ1) is 14.2. The van der Waals surface area contributed by atoms with Crippen molar-refractivity contribution in [3.05, 3.63) is 70.5 Å². The van der Waals surface area contributed by atoms with Crippen LogP contribution in [-0.4, -0.2) is 48.3 Å². The molecule has 0 spiro atoms. The normalized spacial score (nSPS) is 15.1. The second-order valence-corrected chi connectivity index (χ2v) is 7.11. The summed E-state index contributed by atoms with van der Waals surface area (Å²) in [4.78, 5) is 22.4. The van der Waals surface area contributed by atoms with E-state index in [9.17, 15) is 4.79 Å². The Hall–Kier alpha value is -2.96. The Morgan fingerprint density at radius 2 is 1.93 bits per heavy atom. The van der Waals surface area contributed by atoms with Crippen LogP contribution in [0.1, 0.15) is 12.0 Å². The highest BCUT2D eigenvalue weighted by atomic mass is 16.5. The number of hydrogen-bond donors (Lipinski definition) is 1. The molecule has 0 saturated carbocycles. The van der Waals surface area contributed by atoms with Crippen LogP contribution in [0, 0.1) is 0 Å². The zero-order valence-electron chi connectivity index (χ0n) is 16.6. The quantitative estimate of drug-likeness (QED) is 0.723. The molecule has 1 saturated heterocycles. The van der Waals surface area contributed by atoms with Gasteiger partial charge in [0, 0.05) is 43.4 Å². The van der Waals surface area contributed by atoms with E-state index < -0.39 is 0 Å². The molecule has 1 N–H and O–H groups in total. The molecule has 0 atom stereocenters. The van der Waals surface area contributed by atoms with Crippen molar-refractivity contribution in [3.8, 4) is 28.4 Å². The Bertz CT molecular complexity index is 1010. The fourth-order valence-electron chi connectivity index (χ4n) is 3.58. The highest BCUT2D eigenvalue weighted by molar-refractivity contribution is 5.65. The Balaban J connectivity index is 1.67. The van der Waals surface area contributed by atoms with Gasteiger partial charge >= 0.3 is 0 Å². The van der Waals surface area contributed by atoms with E-state index in [0.717, 1.165) is 61.7 Å². The van der Waals surface area contributed by atoms with Crippen molar-refractivity contribution in [2.45, 2.75) is 13.0 Å². The maximum absolute atomic E-state index is 12.4. The topological polar surface area (TPSA) is 67.5 Å². The highest BCUT2D eigenvalue weighted by Crippen LogP contribution is 2.25. The second kappa shape index (κ2) is 9.03. The van der Waals surface area contributed by atoms with E-state index in [1.165, 1.54) is 6.07 Å². The predicted molar refractivity (Wildman–Crippen MR) is 113 cm³/mol. The first-order valence-electron chi connectivity index (χ1n) is 9.87. The first kappa shape index (κ1) is 19.4. The van der Waals surface area contributed by atoms with Gasteiger partial charge in [0.2, 0.25) is 0 Å². The fourth-order valence-corrected chi connectivity index (χ4v) is 3.58. The van der Waals surface area contributed by atoms with Crippen molar-refractivity contribution in [2.75, 3.05) is 33.4 Å². The third-order valence-electron chi connectivity index (χ3n) is 5.11. The third kappa shape index (κ3) is 4.72. The van der Waals surface area contributed by atoms with E-state index in [-0.39, 0.29) is 5.56 Å². The zero-order valence-corrected chi connectivity index (χ0v) is 16.6. The molecule has 2 aromatic carbocycles. The number of rotatable bonds is 5. The highest BCUT2D eigenvalue weighted by Gasteiger charge is 2.14.